The largest absolute Gasteiger partial charge is 0.229 e. The molecule has 16 heavy (non-hydrogen) atoms. The van der Waals surface area contributed by atoms with Crippen molar-refractivity contribution in [2.24, 2.45) is 11.3 Å². The minimum absolute atomic E-state index is 0.0519. The number of hydrogen-bond donors (Lipinski definition) is 0. The number of unbranched alkanes of at least 4 members (excludes halogenated alkanes) is 2. The highest BCUT2D eigenvalue weighted by Crippen LogP contribution is 2.54. The Morgan fingerprint density at radius 3 is 2.50 bits per heavy atom. The summed E-state index contributed by atoms with van der Waals surface area (Å²) < 4.78 is 0. The Labute approximate surface area is 99.6 Å². The molecule has 0 spiro atoms. The Balaban J connectivity index is 2.02. The molecule has 2 fully saturated rings. The van der Waals surface area contributed by atoms with E-state index >= 15 is 0 Å². The molecule has 2 rings (SSSR count). The third kappa shape index (κ3) is 2.02. The zero-order valence-electron chi connectivity index (χ0n) is 11.2. The van der Waals surface area contributed by atoms with Crippen molar-refractivity contribution in [3.63, 3.8) is 0 Å². The van der Waals surface area contributed by atoms with Crippen LogP contribution >= 0.6 is 0 Å². The molecule has 3 atom stereocenters. The van der Waals surface area contributed by atoms with Crippen molar-refractivity contribution in [3.8, 4) is 0 Å². The van der Waals surface area contributed by atoms with E-state index in [0.717, 1.165) is 5.92 Å². The highest BCUT2D eigenvalue weighted by Gasteiger charge is 2.60. The molecule has 1 saturated carbocycles. The van der Waals surface area contributed by atoms with E-state index in [1.807, 2.05) is 0 Å². The molecule has 1 saturated heterocycles. The van der Waals surface area contributed by atoms with Gasteiger partial charge in [-0.3, -0.25) is 0 Å². The summed E-state index contributed by atoms with van der Waals surface area (Å²) >= 11 is 0. The molecule has 0 aromatic rings. The van der Waals surface area contributed by atoms with E-state index in [0.29, 0.717) is 6.10 Å². The molecule has 0 aromatic carbocycles. The second-order valence-electron chi connectivity index (χ2n) is 6.58. The molecule has 0 amide bonds. The minimum Gasteiger partial charge on any atom is -0.229 e. The van der Waals surface area contributed by atoms with Crippen LogP contribution in [0.3, 0.4) is 0 Å². The Morgan fingerprint density at radius 2 is 1.94 bits per heavy atom. The van der Waals surface area contributed by atoms with E-state index in [1.165, 1.54) is 38.5 Å². The summed E-state index contributed by atoms with van der Waals surface area (Å²) in [5, 5.41) is 0. The molecule has 0 N–H and O–H groups in total. The van der Waals surface area contributed by atoms with Gasteiger partial charge in [-0.25, -0.2) is 9.78 Å². The number of hydrogen-bond acceptors (Lipinski definition) is 2. The zero-order chi connectivity index (χ0) is 11.8. The maximum Gasteiger partial charge on any atom is 0.133 e. The van der Waals surface area contributed by atoms with Gasteiger partial charge in [0.15, 0.2) is 0 Å². The van der Waals surface area contributed by atoms with Crippen LogP contribution in [0.2, 0.25) is 0 Å². The second-order valence-corrected chi connectivity index (χ2v) is 6.58. The Morgan fingerprint density at radius 1 is 1.19 bits per heavy atom. The first kappa shape index (κ1) is 12.4. The van der Waals surface area contributed by atoms with Crippen molar-refractivity contribution >= 4 is 0 Å². The molecule has 1 heterocycles. The van der Waals surface area contributed by atoms with Gasteiger partial charge in [-0.2, -0.15) is 0 Å². The fourth-order valence-electron chi connectivity index (χ4n) is 3.83. The SMILES string of the molecule is CCCCCC12CC(C)CC(C)(C)C1OO2. The van der Waals surface area contributed by atoms with Crippen LogP contribution in [0.5, 0.6) is 0 Å². The monoisotopic (exact) mass is 226 g/mol. The van der Waals surface area contributed by atoms with E-state index in [4.69, 9.17) is 9.78 Å². The van der Waals surface area contributed by atoms with Crippen LogP contribution in [0.25, 0.3) is 0 Å². The molecule has 2 nitrogen and oxygen atoms in total. The van der Waals surface area contributed by atoms with E-state index in [1.54, 1.807) is 0 Å². The summed E-state index contributed by atoms with van der Waals surface area (Å²) in [7, 11) is 0. The van der Waals surface area contributed by atoms with E-state index in [9.17, 15) is 0 Å². The number of rotatable bonds is 4. The lowest BCUT2D eigenvalue weighted by Crippen LogP contribution is -2.65. The van der Waals surface area contributed by atoms with Crippen LogP contribution < -0.4 is 0 Å². The van der Waals surface area contributed by atoms with Crippen molar-refractivity contribution in [3.05, 3.63) is 0 Å². The molecule has 0 radical (unpaired) electrons. The van der Waals surface area contributed by atoms with E-state index in [-0.39, 0.29) is 11.0 Å². The van der Waals surface area contributed by atoms with E-state index in [2.05, 4.69) is 27.7 Å². The van der Waals surface area contributed by atoms with Crippen molar-refractivity contribution in [2.45, 2.75) is 77.9 Å². The fraction of sp³-hybridized carbons (Fsp3) is 1.00. The smallest absolute Gasteiger partial charge is 0.133 e. The summed E-state index contributed by atoms with van der Waals surface area (Å²) in [5.41, 5.74) is 0.332. The van der Waals surface area contributed by atoms with Gasteiger partial charge in [0.2, 0.25) is 0 Å². The van der Waals surface area contributed by atoms with Gasteiger partial charge < -0.3 is 0 Å². The molecule has 2 heteroatoms. The molecule has 3 unspecified atom stereocenters. The van der Waals surface area contributed by atoms with Gasteiger partial charge in [0.25, 0.3) is 0 Å². The normalized spacial score (nSPS) is 41.2. The lowest BCUT2D eigenvalue weighted by atomic mass is 9.61. The quantitative estimate of drug-likeness (QED) is 0.531. The molecule has 1 aliphatic heterocycles. The highest BCUT2D eigenvalue weighted by molar-refractivity contribution is 5.05. The van der Waals surface area contributed by atoms with Gasteiger partial charge in [0.1, 0.15) is 11.7 Å². The molecule has 94 valence electrons. The van der Waals surface area contributed by atoms with Crippen LogP contribution in [0.4, 0.5) is 0 Å². The Hall–Kier alpha value is -0.0800. The van der Waals surface area contributed by atoms with Crippen LogP contribution in [-0.2, 0) is 9.78 Å². The molecular weight excluding hydrogens is 200 g/mol. The van der Waals surface area contributed by atoms with Gasteiger partial charge in [-0.1, -0.05) is 47.0 Å². The summed E-state index contributed by atoms with van der Waals surface area (Å²) in [4.78, 5) is 11.0. The molecule has 1 aliphatic carbocycles. The average Bonchev–Trinajstić information content (AvgIpc) is 2.11. The van der Waals surface area contributed by atoms with E-state index < -0.39 is 0 Å². The first-order valence-corrected chi connectivity index (χ1v) is 6.85. The van der Waals surface area contributed by atoms with Crippen LogP contribution in [0.1, 0.15) is 66.2 Å². The third-order valence-corrected chi connectivity index (χ3v) is 4.27. The van der Waals surface area contributed by atoms with Crippen LogP contribution in [0, 0.1) is 11.3 Å². The van der Waals surface area contributed by atoms with Crippen molar-refractivity contribution < 1.29 is 9.78 Å². The summed E-state index contributed by atoms with van der Waals surface area (Å²) in [6.45, 7) is 9.25. The Bertz CT molecular complexity index is 249. The molecule has 0 bridgehead atoms. The molecular formula is C14H26O2. The summed E-state index contributed by atoms with van der Waals surface area (Å²) in [6, 6.07) is 0. The molecule has 2 aliphatic rings. The fourth-order valence-corrected chi connectivity index (χ4v) is 3.83. The predicted octanol–water partition coefficient (Wildman–Crippen LogP) is 4.09. The first-order valence-electron chi connectivity index (χ1n) is 6.85. The lowest BCUT2D eigenvalue weighted by Gasteiger charge is -2.58. The van der Waals surface area contributed by atoms with Crippen molar-refractivity contribution in [1.29, 1.82) is 0 Å². The summed E-state index contributed by atoms with van der Waals surface area (Å²) in [5.74, 6) is 0.761. The van der Waals surface area contributed by atoms with Crippen LogP contribution in [0.15, 0.2) is 0 Å². The van der Waals surface area contributed by atoms with Gasteiger partial charge in [-0.05, 0) is 30.6 Å². The highest BCUT2D eigenvalue weighted by atomic mass is 17.3. The van der Waals surface area contributed by atoms with Gasteiger partial charge in [0.05, 0.1) is 0 Å². The standard InChI is InChI=1S/C14H26O2/c1-5-6-7-8-14-10-11(2)9-13(3,4)12(14)15-16-14/h11-12H,5-10H2,1-4H3. The zero-order valence-corrected chi connectivity index (χ0v) is 11.2. The predicted molar refractivity (Wildman–Crippen MR) is 65.0 cm³/mol. The minimum atomic E-state index is 0.0519. The first-order chi connectivity index (χ1) is 7.50. The van der Waals surface area contributed by atoms with Gasteiger partial charge in [0, 0.05) is 0 Å². The maximum atomic E-state index is 5.57. The average molecular weight is 226 g/mol. The Kier molecular flexibility index (Phi) is 3.33. The van der Waals surface area contributed by atoms with Crippen LogP contribution in [-0.4, -0.2) is 11.7 Å². The third-order valence-electron chi connectivity index (χ3n) is 4.27. The lowest BCUT2D eigenvalue weighted by molar-refractivity contribution is -0.539. The van der Waals surface area contributed by atoms with Crippen molar-refractivity contribution in [2.75, 3.05) is 0 Å². The molecule has 0 aromatic heterocycles. The summed E-state index contributed by atoms with van der Waals surface area (Å²) in [6.07, 6.45) is 7.82. The van der Waals surface area contributed by atoms with Crippen molar-refractivity contribution in [1.82, 2.24) is 0 Å². The second kappa shape index (κ2) is 4.30. The number of fused-ring (bicyclic) bond motifs is 1. The van der Waals surface area contributed by atoms with Gasteiger partial charge in [-0.15, -0.1) is 0 Å². The van der Waals surface area contributed by atoms with Gasteiger partial charge >= 0.3 is 0 Å². The topological polar surface area (TPSA) is 18.5 Å². The maximum absolute atomic E-state index is 5.57.